The number of nitrogens with one attached hydrogen (secondary N) is 1. The molecule has 0 saturated heterocycles. The Balaban J connectivity index is 1.52. The van der Waals surface area contributed by atoms with E-state index >= 15 is 0 Å². The van der Waals surface area contributed by atoms with Gasteiger partial charge in [-0.25, -0.2) is 9.59 Å². The van der Waals surface area contributed by atoms with Crippen LogP contribution in [0, 0.1) is 16.7 Å². The van der Waals surface area contributed by atoms with E-state index in [1.807, 2.05) is 45.0 Å². The fourth-order valence-electron chi connectivity index (χ4n) is 4.82. The van der Waals surface area contributed by atoms with Crippen molar-refractivity contribution in [2.24, 2.45) is 16.7 Å². The van der Waals surface area contributed by atoms with Crippen LogP contribution in [0.25, 0.3) is 0 Å². The fraction of sp³-hybridized carbons (Fsp3) is 0.541. The Morgan fingerprint density at radius 1 is 0.674 bits per heavy atom. The number of amides is 1. The van der Waals surface area contributed by atoms with E-state index < -0.39 is 35.7 Å². The molecule has 0 bridgehead atoms. The highest BCUT2D eigenvalue weighted by Gasteiger charge is 2.40. The van der Waals surface area contributed by atoms with E-state index in [2.05, 4.69) is 5.32 Å². The number of hydrogen-bond acceptors (Lipinski definition) is 8. The van der Waals surface area contributed by atoms with E-state index in [0.29, 0.717) is 17.0 Å². The van der Waals surface area contributed by atoms with Crippen LogP contribution in [-0.2, 0) is 23.8 Å². The van der Waals surface area contributed by atoms with E-state index in [4.69, 9.17) is 14.2 Å². The van der Waals surface area contributed by atoms with Gasteiger partial charge in [0.2, 0.25) is 0 Å². The number of carbonyl (C=O) groups is 5. The standard InChI is InChI=1S/C37H49NO8/c1-22(35(2,3)4)32(41)44-20-29(39)25-15-11-23(12-16-25)27-19-28(27)24-13-17-26(18-14-24)30(40)21-45-33(42)31(36(5,6)7)38-34(43)46-37(8,9)10/h11-18,22,27-28,31H,19-21H2,1-10H3,(H,38,43)/t22-,27-,28-,31-/m1/s1. The molecule has 4 atom stereocenters. The number of ether oxygens (including phenoxy) is 3. The Labute approximate surface area is 272 Å². The third kappa shape index (κ3) is 10.3. The van der Waals surface area contributed by atoms with Crippen LogP contribution in [0.15, 0.2) is 48.5 Å². The lowest BCUT2D eigenvalue weighted by Gasteiger charge is -2.30. The third-order valence-corrected chi connectivity index (χ3v) is 8.22. The number of benzene rings is 2. The van der Waals surface area contributed by atoms with E-state index in [0.717, 1.165) is 17.5 Å². The molecule has 9 nitrogen and oxygen atoms in total. The summed E-state index contributed by atoms with van der Waals surface area (Å²) in [5.41, 5.74) is 1.47. The van der Waals surface area contributed by atoms with Crippen LogP contribution in [0.4, 0.5) is 4.79 Å². The number of Topliss-reactive ketones (excluding diaryl/α,β-unsaturated/α-hetero) is 2. The minimum absolute atomic E-state index is 0.243. The Kier molecular flexibility index (Phi) is 11.2. The average molecular weight is 636 g/mol. The summed E-state index contributed by atoms with van der Waals surface area (Å²) in [5, 5.41) is 2.57. The molecule has 0 aromatic heterocycles. The molecule has 1 aliphatic rings. The molecular formula is C37H49NO8. The number of carbonyl (C=O) groups excluding carboxylic acids is 5. The molecule has 2 aromatic carbocycles. The molecule has 1 fully saturated rings. The van der Waals surface area contributed by atoms with Gasteiger partial charge in [0, 0.05) is 11.1 Å². The van der Waals surface area contributed by atoms with Crippen LogP contribution in [0.2, 0.25) is 0 Å². The van der Waals surface area contributed by atoms with Gasteiger partial charge in [-0.15, -0.1) is 0 Å². The normalized spacial score (nSPS) is 17.7. The molecular weight excluding hydrogens is 586 g/mol. The predicted octanol–water partition coefficient (Wildman–Crippen LogP) is 7.03. The summed E-state index contributed by atoms with van der Waals surface area (Å²) in [4.78, 5) is 62.8. The van der Waals surface area contributed by atoms with Gasteiger partial charge in [-0.2, -0.15) is 0 Å². The van der Waals surface area contributed by atoms with Crippen molar-refractivity contribution in [2.75, 3.05) is 13.2 Å². The Hall–Kier alpha value is -4.01. The van der Waals surface area contributed by atoms with E-state index in [1.165, 1.54) is 0 Å². The molecule has 1 saturated carbocycles. The second-order valence-electron chi connectivity index (χ2n) is 15.3. The van der Waals surface area contributed by atoms with E-state index in [9.17, 15) is 24.0 Å². The second kappa shape index (κ2) is 14.2. The molecule has 0 aliphatic heterocycles. The maximum Gasteiger partial charge on any atom is 0.408 e. The summed E-state index contributed by atoms with van der Waals surface area (Å²) < 4.78 is 15.8. The second-order valence-corrected chi connectivity index (χ2v) is 15.3. The van der Waals surface area contributed by atoms with E-state index in [-0.39, 0.29) is 41.4 Å². The summed E-state index contributed by atoms with van der Waals surface area (Å²) in [6.45, 7) is 17.5. The minimum Gasteiger partial charge on any atom is -0.457 e. The van der Waals surface area contributed by atoms with Gasteiger partial charge in [0.25, 0.3) is 0 Å². The first kappa shape index (κ1) is 36.5. The monoisotopic (exact) mass is 635 g/mol. The highest BCUT2D eigenvalue weighted by atomic mass is 16.6. The van der Waals surface area contributed by atoms with Gasteiger partial charge in [-0.05, 0) is 61.0 Å². The maximum atomic E-state index is 12.8. The van der Waals surface area contributed by atoms with Crippen molar-refractivity contribution in [3.05, 3.63) is 70.8 Å². The van der Waals surface area contributed by atoms with Crippen LogP contribution in [-0.4, -0.2) is 54.5 Å². The molecule has 1 aliphatic carbocycles. The van der Waals surface area contributed by atoms with Gasteiger partial charge in [0.1, 0.15) is 11.6 Å². The fourth-order valence-corrected chi connectivity index (χ4v) is 4.82. The lowest BCUT2D eigenvalue weighted by Crippen LogP contribution is -2.51. The number of alkyl carbamates (subject to hydrolysis) is 1. The summed E-state index contributed by atoms with van der Waals surface area (Å²) in [5.74, 6) is -1.43. The van der Waals surface area contributed by atoms with Gasteiger partial charge < -0.3 is 19.5 Å². The lowest BCUT2D eigenvalue weighted by molar-refractivity contribution is -0.150. The molecule has 1 amide bonds. The van der Waals surface area contributed by atoms with Crippen LogP contribution in [0.1, 0.15) is 119 Å². The van der Waals surface area contributed by atoms with Crippen LogP contribution < -0.4 is 5.32 Å². The van der Waals surface area contributed by atoms with Crippen molar-refractivity contribution in [3.63, 3.8) is 0 Å². The highest BCUT2D eigenvalue weighted by molar-refractivity contribution is 5.99. The van der Waals surface area contributed by atoms with Gasteiger partial charge in [0.15, 0.2) is 24.8 Å². The molecule has 1 N–H and O–H groups in total. The van der Waals surface area contributed by atoms with Crippen molar-refractivity contribution in [2.45, 2.75) is 99.1 Å². The number of esters is 2. The van der Waals surface area contributed by atoms with Crippen LogP contribution in [0.3, 0.4) is 0 Å². The largest absolute Gasteiger partial charge is 0.457 e. The summed E-state index contributed by atoms with van der Waals surface area (Å²) in [6.07, 6.45) is 0.206. The maximum absolute atomic E-state index is 12.8. The van der Waals surface area contributed by atoms with Gasteiger partial charge >= 0.3 is 18.0 Å². The molecule has 3 rings (SSSR count). The minimum atomic E-state index is -1.00. The van der Waals surface area contributed by atoms with Gasteiger partial charge in [-0.1, -0.05) is 97.0 Å². The predicted molar refractivity (Wildman–Crippen MR) is 175 cm³/mol. The van der Waals surface area contributed by atoms with Gasteiger partial charge in [-0.3, -0.25) is 14.4 Å². The van der Waals surface area contributed by atoms with Crippen molar-refractivity contribution in [1.82, 2.24) is 5.32 Å². The SMILES string of the molecule is C[C@H](C(=O)OCC(=O)c1ccc([C@H]2C[C@@H]2c2ccc(C(=O)COC(=O)[C@@H](NC(=O)OC(C)(C)C)C(C)(C)C)cc2)cc1)C(C)(C)C. The lowest BCUT2D eigenvalue weighted by atomic mass is 9.82. The zero-order valence-corrected chi connectivity index (χ0v) is 28.8. The van der Waals surface area contributed by atoms with Crippen molar-refractivity contribution in [3.8, 4) is 0 Å². The van der Waals surface area contributed by atoms with Crippen molar-refractivity contribution in [1.29, 1.82) is 0 Å². The zero-order chi connectivity index (χ0) is 34.6. The zero-order valence-electron chi connectivity index (χ0n) is 28.8. The summed E-state index contributed by atoms with van der Waals surface area (Å²) in [7, 11) is 0. The molecule has 9 heteroatoms. The first-order valence-electron chi connectivity index (χ1n) is 15.8. The topological polar surface area (TPSA) is 125 Å². The summed E-state index contributed by atoms with van der Waals surface area (Å²) in [6, 6.07) is 13.7. The molecule has 0 spiro atoms. The highest BCUT2D eigenvalue weighted by Crippen LogP contribution is 2.54. The molecule has 2 aromatic rings. The number of hydrogen-bond donors (Lipinski definition) is 1. The first-order valence-corrected chi connectivity index (χ1v) is 15.8. The summed E-state index contributed by atoms with van der Waals surface area (Å²) >= 11 is 0. The Bertz CT molecular complexity index is 1420. The Morgan fingerprint density at radius 3 is 1.46 bits per heavy atom. The molecule has 250 valence electrons. The van der Waals surface area contributed by atoms with Gasteiger partial charge in [0.05, 0.1) is 5.92 Å². The smallest absolute Gasteiger partial charge is 0.408 e. The third-order valence-electron chi connectivity index (χ3n) is 8.22. The average Bonchev–Trinajstić information content (AvgIpc) is 3.76. The molecule has 0 heterocycles. The van der Waals surface area contributed by atoms with Crippen LogP contribution in [0.5, 0.6) is 0 Å². The molecule has 0 radical (unpaired) electrons. The number of rotatable bonds is 11. The van der Waals surface area contributed by atoms with Crippen molar-refractivity contribution < 1.29 is 38.2 Å². The Morgan fingerprint density at radius 2 is 1.09 bits per heavy atom. The van der Waals surface area contributed by atoms with Crippen molar-refractivity contribution >= 4 is 29.6 Å². The molecule has 0 unspecified atom stereocenters. The van der Waals surface area contributed by atoms with E-state index in [1.54, 1.807) is 72.7 Å². The first-order chi connectivity index (χ1) is 21.2. The number of ketones is 2. The quantitative estimate of drug-likeness (QED) is 0.159. The molecule has 46 heavy (non-hydrogen) atoms. The van der Waals surface area contributed by atoms with Crippen LogP contribution >= 0.6 is 0 Å².